The van der Waals surface area contributed by atoms with E-state index in [4.69, 9.17) is 0 Å². The lowest BCUT2D eigenvalue weighted by molar-refractivity contribution is -0.119. The van der Waals surface area contributed by atoms with Gasteiger partial charge in [0.2, 0.25) is 5.91 Å². The minimum Gasteiger partial charge on any atom is -0.359 e. The molecule has 2 aromatic rings. The summed E-state index contributed by atoms with van der Waals surface area (Å²) >= 11 is 0. The molecule has 1 aliphatic heterocycles. The minimum absolute atomic E-state index is 0.0257. The largest absolute Gasteiger partial charge is 0.359 e. The number of piperidine rings is 1. The highest BCUT2D eigenvalue weighted by molar-refractivity contribution is 5.94. The quantitative estimate of drug-likeness (QED) is 0.879. The fourth-order valence-electron chi connectivity index (χ4n) is 3.63. The smallest absolute Gasteiger partial charge is 0.253 e. The molecule has 28 heavy (non-hydrogen) atoms. The molecular formula is C21H25FN4O2. The molecule has 2 amide bonds. The number of amides is 2. The zero-order valence-electron chi connectivity index (χ0n) is 16.5. The number of carbonyl (C=O) groups is 2. The van der Waals surface area contributed by atoms with E-state index in [0.29, 0.717) is 24.5 Å². The number of aromatic nitrogens is 2. The Morgan fingerprint density at radius 1 is 1.25 bits per heavy atom. The summed E-state index contributed by atoms with van der Waals surface area (Å²) in [4.78, 5) is 35.5. The molecule has 0 radical (unpaired) electrons. The number of likely N-dealkylation sites (N-methyl/N-ethyl adjacent to an activating group) is 1. The highest BCUT2D eigenvalue weighted by Gasteiger charge is 2.28. The molecular weight excluding hydrogens is 359 g/mol. The summed E-state index contributed by atoms with van der Waals surface area (Å²) in [6.07, 6.45) is 1.98. The number of hydrogen-bond acceptors (Lipinski definition) is 4. The normalized spacial score (nSPS) is 16.7. The molecule has 3 rings (SSSR count). The zero-order valence-corrected chi connectivity index (χ0v) is 16.5. The number of halogens is 1. The van der Waals surface area contributed by atoms with Crippen LogP contribution in [0.3, 0.4) is 0 Å². The maximum Gasteiger partial charge on any atom is 0.253 e. The molecule has 0 bridgehead atoms. The van der Waals surface area contributed by atoms with E-state index >= 15 is 0 Å². The van der Waals surface area contributed by atoms with Crippen molar-refractivity contribution in [3.63, 3.8) is 0 Å². The number of benzene rings is 1. The number of aryl methyl sites for hydroxylation is 2. The third-order valence-corrected chi connectivity index (χ3v) is 5.20. The van der Waals surface area contributed by atoms with Crippen LogP contribution in [0.4, 0.5) is 4.39 Å². The Labute approximate surface area is 164 Å². The summed E-state index contributed by atoms with van der Waals surface area (Å²) in [6.45, 7) is 4.91. The Bertz CT molecular complexity index is 877. The van der Waals surface area contributed by atoms with Crippen molar-refractivity contribution in [3.05, 3.63) is 58.4 Å². The average Bonchev–Trinajstić information content (AvgIpc) is 2.69. The lowest BCUT2D eigenvalue weighted by Gasteiger charge is -2.32. The molecule has 0 saturated carbocycles. The fourth-order valence-corrected chi connectivity index (χ4v) is 3.63. The van der Waals surface area contributed by atoms with Crippen LogP contribution >= 0.6 is 0 Å². The molecule has 0 aliphatic carbocycles. The van der Waals surface area contributed by atoms with Gasteiger partial charge in [0, 0.05) is 48.6 Å². The lowest BCUT2D eigenvalue weighted by atomic mass is 9.95. The summed E-state index contributed by atoms with van der Waals surface area (Å²) in [6, 6.07) is 5.78. The Hall–Kier alpha value is -2.83. The molecule has 0 spiro atoms. The predicted octanol–water partition coefficient (Wildman–Crippen LogP) is 2.54. The van der Waals surface area contributed by atoms with Crippen LogP contribution in [0.25, 0.3) is 0 Å². The van der Waals surface area contributed by atoms with Crippen molar-refractivity contribution < 1.29 is 14.0 Å². The molecule has 1 aromatic heterocycles. The molecule has 148 valence electrons. The standard InChI is InChI=1S/C21H25FN4O2/c1-13-18(11-19(27)23-3)14(2)25-20(24-13)16-7-5-9-26(12-16)21(28)15-6-4-8-17(22)10-15/h4,6,8,10,16H,5,7,9,11-12H2,1-3H3,(H,23,27)/t16-/m1/s1. The van der Waals surface area contributed by atoms with E-state index in [1.165, 1.54) is 12.1 Å². The molecule has 1 aliphatic rings. The van der Waals surface area contributed by atoms with Crippen molar-refractivity contribution >= 4 is 11.8 Å². The first kappa shape index (κ1) is 19.9. The van der Waals surface area contributed by atoms with Gasteiger partial charge in [-0.2, -0.15) is 0 Å². The number of likely N-dealkylation sites (tertiary alicyclic amines) is 1. The molecule has 2 heterocycles. The number of nitrogens with zero attached hydrogens (tertiary/aromatic N) is 3. The number of rotatable bonds is 4. The van der Waals surface area contributed by atoms with E-state index in [9.17, 15) is 14.0 Å². The maximum atomic E-state index is 13.5. The van der Waals surface area contributed by atoms with Gasteiger partial charge in [-0.3, -0.25) is 9.59 Å². The minimum atomic E-state index is -0.416. The van der Waals surface area contributed by atoms with Crippen LogP contribution in [0, 0.1) is 19.7 Å². The van der Waals surface area contributed by atoms with Gasteiger partial charge in [-0.15, -0.1) is 0 Å². The molecule has 0 unspecified atom stereocenters. The van der Waals surface area contributed by atoms with Crippen molar-refractivity contribution in [3.8, 4) is 0 Å². The number of carbonyl (C=O) groups excluding carboxylic acids is 2. The second-order valence-electron chi connectivity index (χ2n) is 7.18. The van der Waals surface area contributed by atoms with E-state index in [1.54, 1.807) is 24.1 Å². The number of hydrogen-bond donors (Lipinski definition) is 1. The Balaban J connectivity index is 1.79. The van der Waals surface area contributed by atoms with Gasteiger partial charge in [0.25, 0.3) is 5.91 Å². The van der Waals surface area contributed by atoms with E-state index in [0.717, 1.165) is 29.8 Å². The van der Waals surface area contributed by atoms with Crippen LogP contribution in [0.2, 0.25) is 0 Å². The van der Waals surface area contributed by atoms with Gasteiger partial charge in [0.15, 0.2) is 0 Å². The topological polar surface area (TPSA) is 75.2 Å². The zero-order chi connectivity index (χ0) is 20.3. The van der Waals surface area contributed by atoms with Crippen molar-refractivity contribution in [1.82, 2.24) is 20.2 Å². The van der Waals surface area contributed by atoms with Crippen LogP contribution in [0.15, 0.2) is 24.3 Å². The maximum absolute atomic E-state index is 13.5. The van der Waals surface area contributed by atoms with Crippen LogP contribution in [-0.4, -0.2) is 46.8 Å². The van der Waals surface area contributed by atoms with Crippen molar-refractivity contribution in [2.24, 2.45) is 0 Å². The molecule has 6 nitrogen and oxygen atoms in total. The van der Waals surface area contributed by atoms with Gasteiger partial charge in [-0.1, -0.05) is 6.07 Å². The molecule has 7 heteroatoms. The van der Waals surface area contributed by atoms with Gasteiger partial charge in [0.1, 0.15) is 11.6 Å². The van der Waals surface area contributed by atoms with Crippen LogP contribution < -0.4 is 5.32 Å². The van der Waals surface area contributed by atoms with E-state index in [1.807, 2.05) is 13.8 Å². The molecule has 1 aromatic carbocycles. The van der Waals surface area contributed by atoms with Crippen LogP contribution in [0.5, 0.6) is 0 Å². The van der Waals surface area contributed by atoms with Crippen molar-refractivity contribution in [1.29, 1.82) is 0 Å². The SMILES string of the molecule is CNC(=O)Cc1c(C)nc([C@@H]2CCCN(C(=O)c3cccc(F)c3)C2)nc1C. The lowest BCUT2D eigenvalue weighted by Crippen LogP contribution is -2.39. The Kier molecular flexibility index (Phi) is 6.02. The Morgan fingerprint density at radius 2 is 1.96 bits per heavy atom. The third kappa shape index (κ3) is 4.35. The van der Waals surface area contributed by atoms with Gasteiger partial charge < -0.3 is 10.2 Å². The second-order valence-corrected chi connectivity index (χ2v) is 7.18. The first-order valence-electron chi connectivity index (χ1n) is 9.48. The summed E-state index contributed by atoms with van der Waals surface area (Å²) in [5.41, 5.74) is 2.78. The molecule has 1 fully saturated rings. The first-order chi connectivity index (χ1) is 13.4. The Morgan fingerprint density at radius 3 is 2.61 bits per heavy atom. The van der Waals surface area contributed by atoms with Crippen molar-refractivity contribution in [2.75, 3.05) is 20.1 Å². The van der Waals surface area contributed by atoms with E-state index in [2.05, 4.69) is 15.3 Å². The second kappa shape index (κ2) is 8.46. The summed E-state index contributed by atoms with van der Waals surface area (Å²) in [5, 5.41) is 2.62. The van der Waals surface area contributed by atoms with E-state index in [-0.39, 0.29) is 24.2 Å². The van der Waals surface area contributed by atoms with Gasteiger partial charge >= 0.3 is 0 Å². The average molecular weight is 384 g/mol. The molecule has 1 saturated heterocycles. The van der Waals surface area contributed by atoms with Gasteiger partial charge in [-0.25, -0.2) is 14.4 Å². The highest BCUT2D eigenvalue weighted by atomic mass is 19.1. The van der Waals surface area contributed by atoms with Crippen molar-refractivity contribution in [2.45, 2.75) is 39.0 Å². The summed E-state index contributed by atoms with van der Waals surface area (Å²) < 4.78 is 13.5. The summed E-state index contributed by atoms with van der Waals surface area (Å²) in [7, 11) is 1.61. The number of nitrogens with one attached hydrogen (secondary N) is 1. The third-order valence-electron chi connectivity index (χ3n) is 5.20. The van der Waals surface area contributed by atoms with Crippen LogP contribution in [-0.2, 0) is 11.2 Å². The first-order valence-corrected chi connectivity index (χ1v) is 9.48. The molecule has 1 N–H and O–H groups in total. The van der Waals surface area contributed by atoms with Gasteiger partial charge in [0.05, 0.1) is 6.42 Å². The van der Waals surface area contributed by atoms with Crippen LogP contribution in [0.1, 0.15) is 51.9 Å². The monoisotopic (exact) mass is 384 g/mol. The molecule has 1 atom stereocenters. The highest BCUT2D eigenvalue weighted by Crippen LogP contribution is 2.27. The fraction of sp³-hybridized carbons (Fsp3) is 0.429. The predicted molar refractivity (Wildman–Crippen MR) is 104 cm³/mol. The van der Waals surface area contributed by atoms with E-state index < -0.39 is 5.82 Å². The van der Waals surface area contributed by atoms with Gasteiger partial charge in [-0.05, 0) is 44.9 Å². The summed E-state index contributed by atoms with van der Waals surface area (Å²) in [5.74, 6) is 0.0618.